The molecule has 1 atom stereocenters. The topological polar surface area (TPSA) is 79.2 Å². The molecule has 168 valence electrons. The second-order valence-corrected chi connectivity index (χ2v) is 8.69. The Morgan fingerprint density at radius 3 is 2.59 bits per heavy atom. The molecule has 32 heavy (non-hydrogen) atoms. The highest BCUT2D eigenvalue weighted by atomic mass is 16.3. The van der Waals surface area contributed by atoms with Crippen molar-refractivity contribution in [2.24, 2.45) is 11.8 Å². The molecule has 0 aliphatic heterocycles. The minimum atomic E-state index is -0.263. The van der Waals surface area contributed by atoms with E-state index in [1.807, 2.05) is 42.5 Å². The van der Waals surface area contributed by atoms with Gasteiger partial charge < -0.3 is 20.4 Å². The molecule has 2 amide bonds. The first kappa shape index (κ1) is 22.1. The van der Waals surface area contributed by atoms with Gasteiger partial charge in [-0.2, -0.15) is 0 Å². The number of aromatic nitrogens is 1. The van der Waals surface area contributed by atoms with Crippen molar-refractivity contribution in [1.82, 2.24) is 10.3 Å². The monoisotopic (exact) mass is 432 g/mol. The van der Waals surface area contributed by atoms with Crippen LogP contribution in [0.15, 0.2) is 65.5 Å². The van der Waals surface area contributed by atoms with E-state index in [2.05, 4.69) is 33.9 Å². The zero-order chi connectivity index (χ0) is 22.2. The van der Waals surface area contributed by atoms with Gasteiger partial charge >= 0.3 is 6.03 Å². The number of para-hydroxylation sites is 1. The Hall–Kier alpha value is -3.12. The summed E-state index contributed by atoms with van der Waals surface area (Å²) >= 11 is 0. The Labute approximate surface area is 189 Å². The minimum absolute atomic E-state index is 0.263. The number of carbonyl (C=O) groups excluding carboxylic acids is 1. The molecule has 0 spiro atoms. The second-order valence-electron chi connectivity index (χ2n) is 8.69. The lowest BCUT2D eigenvalue weighted by Crippen LogP contribution is -2.28. The van der Waals surface area contributed by atoms with Crippen molar-refractivity contribution < 1.29 is 9.21 Å². The maximum atomic E-state index is 12.6. The molecule has 1 aliphatic carbocycles. The van der Waals surface area contributed by atoms with E-state index >= 15 is 0 Å². The van der Waals surface area contributed by atoms with Gasteiger partial charge in [-0.25, -0.2) is 9.78 Å². The molecule has 1 aliphatic rings. The molecule has 1 aromatic heterocycles. The van der Waals surface area contributed by atoms with Crippen LogP contribution in [0.3, 0.4) is 0 Å². The van der Waals surface area contributed by atoms with Gasteiger partial charge in [0.15, 0.2) is 12.2 Å². The van der Waals surface area contributed by atoms with Crippen molar-refractivity contribution in [1.29, 1.82) is 0 Å². The first-order valence-electron chi connectivity index (χ1n) is 11.5. The summed E-state index contributed by atoms with van der Waals surface area (Å²) in [4.78, 5) is 16.5. The third-order valence-electron chi connectivity index (χ3n) is 6.36. The van der Waals surface area contributed by atoms with Gasteiger partial charge in [0.05, 0.1) is 6.20 Å². The Morgan fingerprint density at radius 2 is 1.84 bits per heavy atom. The molecule has 3 N–H and O–H groups in total. The molecule has 0 radical (unpaired) electrons. The molecule has 1 saturated carbocycles. The number of benzene rings is 2. The highest BCUT2D eigenvalue weighted by Crippen LogP contribution is 2.29. The molecule has 1 heterocycles. The second kappa shape index (κ2) is 11.0. The standard InChI is InChI=1S/C26H32N4O2/c1-19(20-7-3-2-4-8-20)15-27-16-22-9-5-6-10-24(22)30-26(31)29-23-13-11-21(12-14-23)25-17-28-18-32-25/h5-6,9-14,17-20,27H,2-4,7-8,15-16H2,1H3,(H2,29,30,31). The summed E-state index contributed by atoms with van der Waals surface area (Å²) in [6, 6.07) is 15.1. The lowest BCUT2D eigenvalue weighted by Gasteiger charge is -2.28. The lowest BCUT2D eigenvalue weighted by molar-refractivity contribution is 0.256. The molecule has 6 nitrogen and oxygen atoms in total. The smallest absolute Gasteiger partial charge is 0.323 e. The largest absolute Gasteiger partial charge is 0.444 e. The zero-order valence-corrected chi connectivity index (χ0v) is 18.6. The van der Waals surface area contributed by atoms with E-state index in [4.69, 9.17) is 4.42 Å². The fourth-order valence-electron chi connectivity index (χ4n) is 4.46. The van der Waals surface area contributed by atoms with Gasteiger partial charge in [0.25, 0.3) is 0 Å². The van der Waals surface area contributed by atoms with E-state index in [9.17, 15) is 4.79 Å². The summed E-state index contributed by atoms with van der Waals surface area (Å²) < 4.78 is 5.30. The summed E-state index contributed by atoms with van der Waals surface area (Å²) in [5.41, 5.74) is 3.52. The molecule has 2 aromatic carbocycles. The van der Waals surface area contributed by atoms with Gasteiger partial charge in [-0.1, -0.05) is 57.2 Å². The van der Waals surface area contributed by atoms with Crippen LogP contribution >= 0.6 is 0 Å². The number of anilines is 2. The molecule has 1 fully saturated rings. The number of hydrogen-bond acceptors (Lipinski definition) is 4. The number of urea groups is 1. The quantitative estimate of drug-likeness (QED) is 0.391. The highest BCUT2D eigenvalue weighted by molar-refractivity contribution is 6.00. The molecule has 6 heteroatoms. The molecular formula is C26H32N4O2. The van der Waals surface area contributed by atoms with E-state index in [1.165, 1.54) is 38.5 Å². The van der Waals surface area contributed by atoms with Crippen molar-refractivity contribution in [2.75, 3.05) is 17.2 Å². The van der Waals surface area contributed by atoms with Crippen LogP contribution in [-0.2, 0) is 6.54 Å². The molecule has 4 rings (SSSR count). The minimum Gasteiger partial charge on any atom is -0.444 e. The summed E-state index contributed by atoms with van der Waals surface area (Å²) in [5.74, 6) is 2.21. The average Bonchev–Trinajstić information content (AvgIpc) is 3.36. The van der Waals surface area contributed by atoms with Gasteiger partial charge in [-0.05, 0) is 54.3 Å². The van der Waals surface area contributed by atoms with Crippen molar-refractivity contribution in [2.45, 2.75) is 45.6 Å². The zero-order valence-electron chi connectivity index (χ0n) is 18.6. The van der Waals surface area contributed by atoms with Crippen LogP contribution in [0.2, 0.25) is 0 Å². The van der Waals surface area contributed by atoms with Gasteiger partial charge in [-0.3, -0.25) is 0 Å². The predicted molar refractivity (Wildman–Crippen MR) is 128 cm³/mol. The lowest BCUT2D eigenvalue weighted by atomic mass is 9.81. The van der Waals surface area contributed by atoms with Crippen LogP contribution in [0.5, 0.6) is 0 Å². The summed E-state index contributed by atoms with van der Waals surface area (Å²) in [7, 11) is 0. The van der Waals surface area contributed by atoms with E-state index in [0.717, 1.165) is 35.8 Å². The number of carbonyl (C=O) groups is 1. The molecule has 3 aromatic rings. The first-order valence-corrected chi connectivity index (χ1v) is 11.5. The number of rotatable bonds is 8. The SMILES string of the molecule is CC(CNCc1ccccc1NC(=O)Nc1ccc(-c2cnco2)cc1)C1CCCCC1. The summed E-state index contributed by atoms with van der Waals surface area (Å²) in [5, 5.41) is 9.47. The Morgan fingerprint density at radius 1 is 1.06 bits per heavy atom. The molecule has 0 bridgehead atoms. The van der Waals surface area contributed by atoms with Crippen LogP contribution < -0.4 is 16.0 Å². The fourth-order valence-corrected chi connectivity index (χ4v) is 4.46. The van der Waals surface area contributed by atoms with Crippen molar-refractivity contribution in [3.63, 3.8) is 0 Å². The summed E-state index contributed by atoms with van der Waals surface area (Å²) in [6.07, 6.45) is 9.93. The van der Waals surface area contributed by atoms with Crippen molar-refractivity contribution >= 4 is 17.4 Å². The van der Waals surface area contributed by atoms with Crippen LogP contribution in [-0.4, -0.2) is 17.6 Å². The van der Waals surface area contributed by atoms with E-state index in [-0.39, 0.29) is 6.03 Å². The number of nitrogens with one attached hydrogen (secondary N) is 3. The van der Waals surface area contributed by atoms with Crippen LogP contribution in [0.25, 0.3) is 11.3 Å². The van der Waals surface area contributed by atoms with Crippen LogP contribution in [0.4, 0.5) is 16.2 Å². The Bertz CT molecular complexity index is 979. The van der Waals surface area contributed by atoms with Crippen LogP contribution in [0, 0.1) is 11.8 Å². The number of hydrogen-bond donors (Lipinski definition) is 3. The third-order valence-corrected chi connectivity index (χ3v) is 6.36. The third kappa shape index (κ3) is 5.98. The maximum absolute atomic E-state index is 12.6. The molecule has 1 unspecified atom stereocenters. The van der Waals surface area contributed by atoms with Gasteiger partial charge in [-0.15, -0.1) is 0 Å². The van der Waals surface area contributed by atoms with Gasteiger partial charge in [0.2, 0.25) is 0 Å². The first-order chi connectivity index (χ1) is 15.7. The maximum Gasteiger partial charge on any atom is 0.323 e. The van der Waals surface area contributed by atoms with Gasteiger partial charge in [0.1, 0.15) is 0 Å². The normalized spacial score (nSPS) is 15.3. The molecular weight excluding hydrogens is 400 g/mol. The number of amides is 2. The van der Waals surface area contributed by atoms with E-state index in [1.54, 1.807) is 6.20 Å². The Balaban J connectivity index is 1.29. The number of nitrogens with zero attached hydrogens (tertiary/aromatic N) is 1. The highest BCUT2D eigenvalue weighted by Gasteiger charge is 2.19. The Kier molecular flexibility index (Phi) is 7.56. The average molecular weight is 433 g/mol. The fraction of sp³-hybridized carbons (Fsp3) is 0.385. The number of oxazole rings is 1. The van der Waals surface area contributed by atoms with E-state index < -0.39 is 0 Å². The summed E-state index contributed by atoms with van der Waals surface area (Å²) in [6.45, 7) is 4.09. The van der Waals surface area contributed by atoms with Crippen molar-refractivity contribution in [3.8, 4) is 11.3 Å². The predicted octanol–water partition coefficient (Wildman–Crippen LogP) is 6.29. The molecule has 0 saturated heterocycles. The van der Waals surface area contributed by atoms with E-state index in [0.29, 0.717) is 17.4 Å². The van der Waals surface area contributed by atoms with Gasteiger partial charge in [0, 0.05) is 23.5 Å². The van der Waals surface area contributed by atoms with Crippen LogP contribution in [0.1, 0.15) is 44.6 Å². The van der Waals surface area contributed by atoms with Crippen molar-refractivity contribution in [3.05, 3.63) is 66.7 Å².